The van der Waals surface area contributed by atoms with Crippen molar-refractivity contribution in [1.29, 1.82) is 0 Å². The van der Waals surface area contributed by atoms with Gasteiger partial charge in [0.1, 0.15) is 0 Å². The van der Waals surface area contributed by atoms with E-state index in [1.807, 2.05) is 42.5 Å². The molecule has 1 fully saturated rings. The molecule has 0 spiro atoms. The van der Waals surface area contributed by atoms with Gasteiger partial charge in [-0.15, -0.1) is 0 Å². The Bertz CT molecular complexity index is 1110. The Morgan fingerprint density at radius 2 is 1.93 bits per heavy atom. The van der Waals surface area contributed by atoms with Gasteiger partial charge in [-0.3, -0.25) is 9.89 Å². The summed E-state index contributed by atoms with van der Waals surface area (Å²) in [6.07, 6.45) is 2.69. The van der Waals surface area contributed by atoms with E-state index in [9.17, 15) is 4.79 Å². The minimum absolute atomic E-state index is 0.0312. The number of hydrogen-bond donors (Lipinski definition) is 3. The molecule has 0 bridgehead atoms. The highest BCUT2D eigenvalue weighted by Gasteiger charge is 2.26. The second-order valence-electron chi connectivity index (χ2n) is 7.16. The Balaban J connectivity index is 1.26. The molecular weight excluding hydrogens is 350 g/mol. The normalized spacial score (nSPS) is 16.6. The van der Waals surface area contributed by atoms with Crippen molar-refractivity contribution >= 4 is 22.6 Å². The van der Waals surface area contributed by atoms with Gasteiger partial charge in [0.05, 0.1) is 11.3 Å². The zero-order valence-electron chi connectivity index (χ0n) is 15.4. The number of anilines is 1. The first-order chi connectivity index (χ1) is 13.8. The molecule has 2 aromatic carbocycles. The summed E-state index contributed by atoms with van der Waals surface area (Å²) in [4.78, 5) is 18.1. The largest absolute Gasteiger partial charge is 0.360 e. The minimum Gasteiger partial charge on any atom is -0.360 e. The molecule has 0 radical (unpaired) electrons. The number of carbonyl (C=O) groups is 1. The van der Waals surface area contributed by atoms with Crippen molar-refractivity contribution in [2.45, 2.75) is 12.5 Å². The number of aromatic amines is 2. The molecule has 6 heteroatoms. The average Bonchev–Trinajstić information content (AvgIpc) is 3.47. The first-order valence-corrected chi connectivity index (χ1v) is 9.51. The molecule has 140 valence electrons. The van der Waals surface area contributed by atoms with E-state index >= 15 is 0 Å². The summed E-state index contributed by atoms with van der Waals surface area (Å²) in [6, 6.07) is 20.2. The molecule has 0 saturated carbocycles. The van der Waals surface area contributed by atoms with Gasteiger partial charge in [-0.25, -0.2) is 0 Å². The van der Waals surface area contributed by atoms with Crippen LogP contribution in [0.15, 0.2) is 66.9 Å². The number of carbonyl (C=O) groups excluding carboxylic acids is 1. The van der Waals surface area contributed by atoms with Gasteiger partial charge in [-0.2, -0.15) is 5.10 Å². The van der Waals surface area contributed by atoms with E-state index in [1.54, 1.807) is 6.20 Å². The molecule has 28 heavy (non-hydrogen) atoms. The zero-order valence-corrected chi connectivity index (χ0v) is 15.4. The fraction of sp³-hybridized carbons (Fsp3) is 0.182. The molecule has 1 saturated heterocycles. The molecule has 1 aliphatic heterocycles. The van der Waals surface area contributed by atoms with Crippen molar-refractivity contribution in [3.8, 4) is 11.3 Å². The zero-order chi connectivity index (χ0) is 18.9. The Morgan fingerprint density at radius 3 is 2.82 bits per heavy atom. The number of nitrogens with one attached hydrogen (secondary N) is 3. The highest BCUT2D eigenvalue weighted by molar-refractivity contribution is 6.06. The second-order valence-corrected chi connectivity index (χ2v) is 7.16. The summed E-state index contributed by atoms with van der Waals surface area (Å²) in [7, 11) is 0. The number of H-pyrrole nitrogens is 2. The van der Waals surface area contributed by atoms with E-state index in [4.69, 9.17) is 0 Å². The Morgan fingerprint density at radius 1 is 1.11 bits per heavy atom. The number of fused-ring (bicyclic) bond motifs is 1. The fourth-order valence-corrected chi connectivity index (χ4v) is 3.85. The molecule has 6 nitrogen and oxygen atoms in total. The van der Waals surface area contributed by atoms with E-state index < -0.39 is 0 Å². The maximum atomic E-state index is 12.7. The molecular formula is C22H21N5O. The summed E-state index contributed by atoms with van der Waals surface area (Å²) in [5.74, 6) is 0.888. The van der Waals surface area contributed by atoms with Crippen molar-refractivity contribution < 1.29 is 4.79 Å². The van der Waals surface area contributed by atoms with Gasteiger partial charge in [0.15, 0.2) is 5.82 Å². The smallest absolute Gasteiger partial charge is 0.253 e. The van der Waals surface area contributed by atoms with Gasteiger partial charge in [-0.1, -0.05) is 48.5 Å². The van der Waals surface area contributed by atoms with Gasteiger partial charge in [0, 0.05) is 42.3 Å². The van der Waals surface area contributed by atoms with Crippen LogP contribution in [0.25, 0.3) is 22.2 Å². The minimum atomic E-state index is -0.0312. The van der Waals surface area contributed by atoms with Gasteiger partial charge in [0.2, 0.25) is 0 Å². The second kappa shape index (κ2) is 6.88. The number of para-hydroxylation sites is 1. The summed E-state index contributed by atoms with van der Waals surface area (Å²) in [5.41, 5.74) is 3.79. The van der Waals surface area contributed by atoms with Crippen molar-refractivity contribution in [2.24, 2.45) is 0 Å². The topological polar surface area (TPSA) is 76.8 Å². The Kier molecular flexibility index (Phi) is 4.09. The van der Waals surface area contributed by atoms with Gasteiger partial charge in [-0.05, 0) is 18.1 Å². The molecule has 1 atom stereocenters. The molecule has 3 N–H and O–H groups in total. The van der Waals surface area contributed by atoms with Crippen molar-refractivity contribution in [2.75, 3.05) is 18.0 Å². The van der Waals surface area contributed by atoms with Crippen LogP contribution in [0.1, 0.15) is 16.8 Å². The van der Waals surface area contributed by atoms with E-state index in [-0.39, 0.29) is 11.9 Å². The number of hydrogen-bond acceptors (Lipinski definition) is 3. The van der Waals surface area contributed by atoms with Crippen LogP contribution in [0.5, 0.6) is 0 Å². The van der Waals surface area contributed by atoms with Crippen LogP contribution in [0.4, 0.5) is 5.82 Å². The quantitative estimate of drug-likeness (QED) is 0.513. The van der Waals surface area contributed by atoms with Crippen LogP contribution < -0.4 is 10.2 Å². The highest BCUT2D eigenvalue weighted by atomic mass is 16.1. The van der Waals surface area contributed by atoms with Crippen LogP contribution in [0.2, 0.25) is 0 Å². The number of benzene rings is 2. The van der Waals surface area contributed by atoms with Gasteiger partial charge in [0.25, 0.3) is 5.91 Å². The van der Waals surface area contributed by atoms with E-state index in [0.717, 1.165) is 47.5 Å². The number of nitrogens with zero attached hydrogens (tertiary/aromatic N) is 2. The molecule has 1 unspecified atom stereocenters. The lowest BCUT2D eigenvalue weighted by molar-refractivity contribution is 0.0942. The SMILES string of the molecule is O=C(NC1CCN(c2cc(-c3ccccc3)[nH]n2)C1)c1c[nH]c2ccccc12. The van der Waals surface area contributed by atoms with Crippen molar-refractivity contribution in [3.05, 3.63) is 72.4 Å². The first kappa shape index (κ1) is 16.6. The lowest BCUT2D eigenvalue weighted by atomic mass is 10.1. The molecule has 5 rings (SSSR count). The van der Waals surface area contributed by atoms with Crippen LogP contribution in [0, 0.1) is 0 Å². The molecule has 1 aliphatic rings. The standard InChI is InChI=1S/C22H21N5O/c28-22(18-13-23-19-9-5-4-8-17(18)19)24-16-10-11-27(14-16)21-12-20(25-26-21)15-6-2-1-3-7-15/h1-9,12-13,16,23H,10-11,14H2,(H,24,28)(H,25,26). The number of aromatic nitrogens is 3. The summed E-state index contributed by atoms with van der Waals surface area (Å²) < 4.78 is 0. The molecule has 2 aromatic heterocycles. The number of rotatable bonds is 4. The van der Waals surface area contributed by atoms with Crippen LogP contribution in [0.3, 0.4) is 0 Å². The van der Waals surface area contributed by atoms with E-state index in [2.05, 4.69) is 43.6 Å². The van der Waals surface area contributed by atoms with Crippen LogP contribution in [-0.4, -0.2) is 40.2 Å². The fourth-order valence-electron chi connectivity index (χ4n) is 3.85. The molecule has 1 amide bonds. The predicted molar refractivity (Wildman–Crippen MR) is 110 cm³/mol. The molecule has 3 heterocycles. The average molecular weight is 371 g/mol. The molecule has 4 aromatic rings. The first-order valence-electron chi connectivity index (χ1n) is 9.51. The third-order valence-electron chi connectivity index (χ3n) is 5.33. The van der Waals surface area contributed by atoms with E-state index in [1.165, 1.54) is 0 Å². The summed E-state index contributed by atoms with van der Waals surface area (Å²) in [5, 5.41) is 11.7. The third kappa shape index (κ3) is 3.03. The summed E-state index contributed by atoms with van der Waals surface area (Å²) >= 11 is 0. The molecule has 0 aliphatic carbocycles. The maximum Gasteiger partial charge on any atom is 0.253 e. The lowest BCUT2D eigenvalue weighted by Crippen LogP contribution is -2.37. The summed E-state index contributed by atoms with van der Waals surface area (Å²) in [6.45, 7) is 1.63. The predicted octanol–water partition coefficient (Wildman–Crippen LogP) is 3.57. The van der Waals surface area contributed by atoms with Gasteiger partial charge < -0.3 is 15.2 Å². The monoisotopic (exact) mass is 371 g/mol. The number of amides is 1. The van der Waals surface area contributed by atoms with Crippen molar-refractivity contribution in [1.82, 2.24) is 20.5 Å². The Labute approximate surface area is 162 Å². The maximum absolute atomic E-state index is 12.7. The Hall–Kier alpha value is -3.54. The van der Waals surface area contributed by atoms with E-state index in [0.29, 0.717) is 5.56 Å². The van der Waals surface area contributed by atoms with Crippen LogP contribution in [-0.2, 0) is 0 Å². The van der Waals surface area contributed by atoms with Gasteiger partial charge >= 0.3 is 0 Å². The third-order valence-corrected chi connectivity index (χ3v) is 5.33. The van der Waals surface area contributed by atoms with Crippen LogP contribution >= 0.6 is 0 Å². The lowest BCUT2D eigenvalue weighted by Gasteiger charge is -2.16. The van der Waals surface area contributed by atoms with Crippen molar-refractivity contribution in [3.63, 3.8) is 0 Å². The highest BCUT2D eigenvalue weighted by Crippen LogP contribution is 2.25.